The molecule has 0 radical (unpaired) electrons. The molecule has 0 bridgehead atoms. The lowest BCUT2D eigenvalue weighted by Gasteiger charge is -2.44. The molecule has 2 nitrogen and oxygen atoms in total. The van der Waals surface area contributed by atoms with E-state index in [1.807, 2.05) is 0 Å². The number of aromatic nitrogens is 1. The van der Waals surface area contributed by atoms with Gasteiger partial charge in [0.15, 0.2) is 0 Å². The fourth-order valence-electron chi connectivity index (χ4n) is 16.1. The number of nitrogens with zero attached hydrogens (tertiary/aromatic N) is 2. The number of hydrogen-bond acceptors (Lipinski definition) is 1. The normalized spacial score (nSPS) is 20.0. The Balaban J connectivity index is 1.20. The van der Waals surface area contributed by atoms with Crippen molar-refractivity contribution in [3.63, 3.8) is 0 Å². The molecular weight excluding hydrogens is 904 g/mol. The first-order valence-electron chi connectivity index (χ1n) is 28.7. The Bertz CT molecular complexity index is 3900. The van der Waals surface area contributed by atoms with E-state index in [0.29, 0.717) is 0 Å². The van der Waals surface area contributed by atoms with Crippen LogP contribution >= 0.6 is 0 Å². The molecule has 14 rings (SSSR count). The Kier molecular flexibility index (Phi) is 9.03. The van der Waals surface area contributed by atoms with Crippen LogP contribution in [-0.2, 0) is 43.3 Å². The van der Waals surface area contributed by atoms with Crippen LogP contribution in [0.2, 0.25) is 0 Å². The molecule has 3 heterocycles. The minimum Gasteiger partial charge on any atom is -0.376 e. The third-order valence-electron chi connectivity index (χ3n) is 21.0. The number of fused-ring (bicyclic) bond motifs is 18. The predicted molar refractivity (Wildman–Crippen MR) is 323 cm³/mol. The molecule has 0 amide bonds. The van der Waals surface area contributed by atoms with Gasteiger partial charge in [-0.25, -0.2) is 0 Å². The highest BCUT2D eigenvalue weighted by molar-refractivity contribution is 6.94. The van der Waals surface area contributed by atoms with Gasteiger partial charge in [-0.2, -0.15) is 0 Å². The molecule has 380 valence electrons. The van der Waals surface area contributed by atoms with Gasteiger partial charge in [0.2, 0.25) is 0 Å². The van der Waals surface area contributed by atoms with Crippen molar-refractivity contribution < 1.29 is 0 Å². The molecule has 0 atom stereocenters. The maximum Gasteiger partial charge on any atom is 0.333 e. The Labute approximate surface area is 449 Å². The fraction of sp³-hybridized carbons (Fsp3) is 0.417. The van der Waals surface area contributed by atoms with E-state index in [4.69, 9.17) is 0 Å². The minimum absolute atomic E-state index is 0.0259. The van der Waals surface area contributed by atoms with Crippen LogP contribution in [0.25, 0.3) is 60.9 Å². The smallest absolute Gasteiger partial charge is 0.333 e. The Morgan fingerprint density at radius 3 is 1.60 bits per heavy atom. The molecule has 75 heavy (non-hydrogen) atoms. The van der Waals surface area contributed by atoms with Crippen molar-refractivity contribution in [2.75, 3.05) is 4.81 Å². The molecule has 0 fully saturated rings. The van der Waals surface area contributed by atoms with Crippen LogP contribution in [0.3, 0.4) is 0 Å². The third-order valence-corrected chi connectivity index (χ3v) is 21.0. The molecule has 0 saturated heterocycles. The van der Waals surface area contributed by atoms with Crippen LogP contribution in [0.1, 0.15) is 206 Å². The summed E-state index contributed by atoms with van der Waals surface area (Å²) in [5, 5.41) is 2.84. The maximum absolute atomic E-state index is 2.82. The third kappa shape index (κ3) is 6.05. The number of benzene rings is 7. The topological polar surface area (TPSA) is 8.17 Å². The van der Waals surface area contributed by atoms with E-state index in [0.717, 1.165) is 0 Å². The van der Waals surface area contributed by atoms with E-state index >= 15 is 0 Å². The molecule has 0 N–H and O–H groups in total. The van der Waals surface area contributed by atoms with E-state index in [-0.39, 0.29) is 50.2 Å². The average Bonchev–Trinajstić information content (AvgIpc) is 3.90. The van der Waals surface area contributed by atoms with Gasteiger partial charge in [-0.15, -0.1) is 0 Å². The lowest BCUT2D eigenvalue weighted by Crippen LogP contribution is -2.61. The lowest BCUT2D eigenvalue weighted by atomic mass is 9.43. The van der Waals surface area contributed by atoms with Crippen LogP contribution in [0.5, 0.6) is 0 Å². The Hall–Kier alpha value is -5.80. The maximum atomic E-state index is 2.82. The summed E-state index contributed by atoms with van der Waals surface area (Å²) in [6.07, 6.45) is 4.77. The summed E-state index contributed by atoms with van der Waals surface area (Å²) in [6.45, 7) is 44.2. The molecule has 4 aliphatic carbocycles. The molecule has 3 heteroatoms. The van der Waals surface area contributed by atoms with Crippen molar-refractivity contribution in [1.82, 2.24) is 4.57 Å². The average molecular weight is 983 g/mol. The van der Waals surface area contributed by atoms with Gasteiger partial charge in [0, 0.05) is 44.2 Å². The fourth-order valence-corrected chi connectivity index (χ4v) is 16.1. The lowest BCUT2D eigenvalue weighted by molar-refractivity contribution is 0.331. The molecule has 0 saturated carbocycles. The van der Waals surface area contributed by atoms with Gasteiger partial charge in [-0.3, -0.25) is 0 Å². The van der Waals surface area contributed by atoms with Gasteiger partial charge in [0.25, 0.3) is 0 Å². The van der Waals surface area contributed by atoms with Gasteiger partial charge in [0.1, 0.15) is 0 Å². The summed E-state index contributed by atoms with van der Waals surface area (Å²) < 4.78 is 2.78. The second-order valence-corrected chi connectivity index (χ2v) is 30.3. The second kappa shape index (κ2) is 14.2. The molecule has 2 aliphatic heterocycles. The van der Waals surface area contributed by atoms with Crippen molar-refractivity contribution >= 4 is 51.0 Å². The van der Waals surface area contributed by atoms with Crippen LogP contribution < -0.4 is 15.7 Å². The van der Waals surface area contributed by atoms with Crippen molar-refractivity contribution in [2.24, 2.45) is 0 Å². The van der Waals surface area contributed by atoms with E-state index < -0.39 is 0 Å². The number of hydrogen-bond donors (Lipinski definition) is 0. The second-order valence-electron chi connectivity index (χ2n) is 30.3. The van der Waals surface area contributed by atoms with E-state index in [1.54, 1.807) is 5.56 Å². The first kappa shape index (κ1) is 47.6. The van der Waals surface area contributed by atoms with Crippen LogP contribution in [-0.4, -0.2) is 11.4 Å². The van der Waals surface area contributed by atoms with Crippen LogP contribution in [0, 0.1) is 0 Å². The van der Waals surface area contributed by atoms with Gasteiger partial charge >= 0.3 is 6.85 Å². The van der Waals surface area contributed by atoms with Gasteiger partial charge in [-0.1, -0.05) is 179 Å². The SMILES string of the molecule is CC(C)(C)c1ccc(N2B3c4cc(C(C)(C)C)ccc4-n4c5cc6c(cc5c5c7c(c(c3c54)-c3cc4c(cc32)-c2cc3c(cc2C4(C)C)C(C)(C)CCC3(C)C)C(C)(C)c2ccccc2-7)C(C)(C)CCC6(C)C)cc1. The predicted octanol–water partition coefficient (Wildman–Crippen LogP) is 17.9. The summed E-state index contributed by atoms with van der Waals surface area (Å²) in [6, 6.07) is 43.0. The Morgan fingerprint density at radius 1 is 0.440 bits per heavy atom. The number of anilines is 2. The van der Waals surface area contributed by atoms with Crippen molar-refractivity contribution in [3.8, 4) is 39.1 Å². The molecule has 0 unspecified atom stereocenters. The molecule has 0 spiro atoms. The summed E-state index contributed by atoms with van der Waals surface area (Å²) in [5.74, 6) is 0. The molecular formula is C72H79BN2. The molecule has 1 aromatic heterocycles. The summed E-state index contributed by atoms with van der Waals surface area (Å²) in [7, 11) is 0. The standard InChI is InChI=1S/C72H79BN2/c1-65(2,3)40-23-26-42(27-24-40)75-58-37-45-44-34-51-53(69(11,12)31-29-67(51,7)8)38-50(44)71(15,16)49(45)35-47(58)61-62-59(43-21-19-20-22-48(43)72(62,17)18)60-46-36-52-54(70(13,14)32-30-68(52,9)10)39-57(46)74-56-28-25-41(66(4,5)6)33-55(56)73(75)63(61)64(60)74/h19-28,33-39H,29-32H2,1-18H3. The molecule has 7 aromatic carbocycles. The largest absolute Gasteiger partial charge is 0.376 e. The minimum atomic E-state index is -0.268. The zero-order chi connectivity index (χ0) is 53.0. The first-order valence-corrected chi connectivity index (χ1v) is 28.7. The quantitative estimate of drug-likeness (QED) is 0.149. The zero-order valence-corrected chi connectivity index (χ0v) is 48.6. The molecule has 6 aliphatic rings. The van der Waals surface area contributed by atoms with E-state index in [9.17, 15) is 0 Å². The zero-order valence-electron chi connectivity index (χ0n) is 48.6. The highest BCUT2D eigenvalue weighted by Gasteiger charge is 2.52. The summed E-state index contributed by atoms with van der Waals surface area (Å²) >= 11 is 0. The summed E-state index contributed by atoms with van der Waals surface area (Å²) in [5.41, 5.74) is 32.6. The Morgan fingerprint density at radius 2 is 0.973 bits per heavy atom. The monoisotopic (exact) mass is 983 g/mol. The van der Waals surface area contributed by atoms with Crippen molar-refractivity contribution in [2.45, 2.75) is 194 Å². The first-order chi connectivity index (χ1) is 34.9. The summed E-state index contributed by atoms with van der Waals surface area (Å²) in [4.78, 5) is 2.82. The van der Waals surface area contributed by atoms with Gasteiger partial charge < -0.3 is 9.38 Å². The molecule has 8 aromatic rings. The van der Waals surface area contributed by atoms with Crippen molar-refractivity contribution in [1.29, 1.82) is 0 Å². The van der Waals surface area contributed by atoms with Gasteiger partial charge in [-0.05, 0) is 201 Å². The van der Waals surface area contributed by atoms with E-state index in [1.165, 1.54) is 159 Å². The number of rotatable bonds is 1. The van der Waals surface area contributed by atoms with Crippen LogP contribution in [0.4, 0.5) is 11.4 Å². The van der Waals surface area contributed by atoms with E-state index in [2.05, 4.69) is 237 Å². The van der Waals surface area contributed by atoms with Crippen molar-refractivity contribution in [3.05, 3.63) is 159 Å². The highest BCUT2D eigenvalue weighted by Crippen LogP contribution is 2.63. The highest BCUT2D eigenvalue weighted by atomic mass is 15.1. The van der Waals surface area contributed by atoms with Crippen LogP contribution in [0.15, 0.2) is 103 Å². The van der Waals surface area contributed by atoms with Gasteiger partial charge in [0.05, 0.1) is 11.0 Å².